The van der Waals surface area contributed by atoms with Crippen molar-refractivity contribution in [2.45, 2.75) is 25.9 Å². The van der Waals surface area contributed by atoms with Gasteiger partial charge in [-0.25, -0.2) is 0 Å². The van der Waals surface area contributed by atoms with Gasteiger partial charge in [0.05, 0.1) is 6.10 Å². The standard InChI is InChI=1S/C11H14O3/c1-8(12)2-3-9-4-5-10-11(6-9)14-7-13-10/h4-6,8,12H,2-3,7H2,1H3. The highest BCUT2D eigenvalue weighted by molar-refractivity contribution is 5.44. The van der Waals surface area contributed by atoms with E-state index in [9.17, 15) is 0 Å². The van der Waals surface area contributed by atoms with E-state index in [0.717, 1.165) is 24.3 Å². The lowest BCUT2D eigenvalue weighted by atomic mass is 10.1. The van der Waals surface area contributed by atoms with Gasteiger partial charge in [0.25, 0.3) is 0 Å². The zero-order valence-electron chi connectivity index (χ0n) is 8.19. The fraction of sp³-hybridized carbons (Fsp3) is 0.455. The molecule has 2 rings (SSSR count). The third kappa shape index (κ3) is 1.99. The van der Waals surface area contributed by atoms with Gasteiger partial charge in [0, 0.05) is 0 Å². The zero-order chi connectivity index (χ0) is 9.97. The van der Waals surface area contributed by atoms with Crippen molar-refractivity contribution in [2.24, 2.45) is 0 Å². The number of aryl methyl sites for hydroxylation is 1. The van der Waals surface area contributed by atoms with Crippen LogP contribution in [0.4, 0.5) is 0 Å². The fourth-order valence-electron chi connectivity index (χ4n) is 1.47. The van der Waals surface area contributed by atoms with E-state index in [4.69, 9.17) is 14.6 Å². The molecule has 0 saturated carbocycles. The number of fused-ring (bicyclic) bond motifs is 1. The minimum absolute atomic E-state index is 0.250. The second kappa shape index (κ2) is 3.88. The molecule has 0 aliphatic carbocycles. The largest absolute Gasteiger partial charge is 0.454 e. The lowest BCUT2D eigenvalue weighted by molar-refractivity contribution is 0.173. The van der Waals surface area contributed by atoms with Crippen molar-refractivity contribution < 1.29 is 14.6 Å². The van der Waals surface area contributed by atoms with Gasteiger partial charge in [0.2, 0.25) is 6.79 Å². The van der Waals surface area contributed by atoms with Crippen molar-refractivity contribution in [2.75, 3.05) is 6.79 Å². The third-order valence-electron chi connectivity index (χ3n) is 2.29. The van der Waals surface area contributed by atoms with E-state index >= 15 is 0 Å². The first-order valence-corrected chi connectivity index (χ1v) is 4.82. The maximum atomic E-state index is 9.15. The van der Waals surface area contributed by atoms with Crippen LogP contribution >= 0.6 is 0 Å². The molecule has 1 N–H and O–H groups in total. The molecule has 3 nitrogen and oxygen atoms in total. The van der Waals surface area contributed by atoms with Gasteiger partial charge in [-0.15, -0.1) is 0 Å². The molecule has 1 aliphatic heterocycles. The summed E-state index contributed by atoms with van der Waals surface area (Å²) in [5.74, 6) is 1.62. The van der Waals surface area contributed by atoms with Crippen LogP contribution in [0.2, 0.25) is 0 Å². The van der Waals surface area contributed by atoms with Gasteiger partial charge < -0.3 is 14.6 Å². The second-order valence-corrected chi connectivity index (χ2v) is 3.58. The number of rotatable bonds is 3. The van der Waals surface area contributed by atoms with Crippen LogP contribution in [-0.2, 0) is 6.42 Å². The van der Waals surface area contributed by atoms with Crippen LogP contribution in [0.25, 0.3) is 0 Å². The molecule has 0 bridgehead atoms. The summed E-state index contributed by atoms with van der Waals surface area (Å²) in [4.78, 5) is 0. The smallest absolute Gasteiger partial charge is 0.231 e. The van der Waals surface area contributed by atoms with Crippen LogP contribution in [0.15, 0.2) is 18.2 Å². The zero-order valence-corrected chi connectivity index (χ0v) is 8.19. The number of aliphatic hydroxyl groups is 1. The summed E-state index contributed by atoms with van der Waals surface area (Å²) < 4.78 is 10.5. The molecule has 14 heavy (non-hydrogen) atoms. The molecule has 1 unspecified atom stereocenters. The number of ether oxygens (including phenoxy) is 2. The average molecular weight is 194 g/mol. The predicted octanol–water partition coefficient (Wildman–Crippen LogP) is 1.73. The summed E-state index contributed by atoms with van der Waals surface area (Å²) in [6.45, 7) is 2.11. The molecule has 0 amide bonds. The topological polar surface area (TPSA) is 38.7 Å². The maximum Gasteiger partial charge on any atom is 0.231 e. The highest BCUT2D eigenvalue weighted by Crippen LogP contribution is 2.32. The number of aliphatic hydroxyl groups excluding tert-OH is 1. The monoisotopic (exact) mass is 194 g/mol. The Morgan fingerprint density at radius 2 is 2.14 bits per heavy atom. The Kier molecular flexibility index (Phi) is 2.59. The molecule has 1 aliphatic rings. The van der Waals surface area contributed by atoms with E-state index in [0.29, 0.717) is 6.79 Å². The molecule has 3 heteroatoms. The van der Waals surface area contributed by atoms with E-state index in [1.807, 2.05) is 18.2 Å². The summed E-state index contributed by atoms with van der Waals surface area (Å²) in [5, 5.41) is 9.15. The molecule has 1 heterocycles. The molecule has 0 radical (unpaired) electrons. The quantitative estimate of drug-likeness (QED) is 0.796. The van der Waals surface area contributed by atoms with Gasteiger partial charge in [-0.2, -0.15) is 0 Å². The first-order chi connectivity index (χ1) is 6.75. The molecule has 1 aromatic carbocycles. The lowest BCUT2D eigenvalue weighted by Gasteiger charge is -2.04. The Hall–Kier alpha value is -1.22. The van der Waals surface area contributed by atoms with E-state index in [2.05, 4.69) is 0 Å². The minimum Gasteiger partial charge on any atom is -0.454 e. The van der Waals surface area contributed by atoms with Gasteiger partial charge in [0.15, 0.2) is 11.5 Å². The predicted molar refractivity (Wildman–Crippen MR) is 52.6 cm³/mol. The second-order valence-electron chi connectivity index (χ2n) is 3.58. The molecule has 0 spiro atoms. The Balaban J connectivity index is 2.05. The highest BCUT2D eigenvalue weighted by Gasteiger charge is 2.12. The molecular weight excluding hydrogens is 180 g/mol. The Labute approximate surface area is 83.3 Å². The fourth-order valence-corrected chi connectivity index (χ4v) is 1.47. The minimum atomic E-state index is -0.250. The summed E-state index contributed by atoms with van der Waals surface area (Å²) in [6.07, 6.45) is 1.40. The molecule has 1 aromatic rings. The summed E-state index contributed by atoms with van der Waals surface area (Å²) in [7, 11) is 0. The first kappa shape index (κ1) is 9.34. The average Bonchev–Trinajstić information content (AvgIpc) is 2.61. The van der Waals surface area contributed by atoms with E-state index in [1.165, 1.54) is 5.56 Å². The van der Waals surface area contributed by atoms with Crippen LogP contribution in [0, 0.1) is 0 Å². The maximum absolute atomic E-state index is 9.15. The van der Waals surface area contributed by atoms with Crippen LogP contribution in [-0.4, -0.2) is 18.0 Å². The van der Waals surface area contributed by atoms with E-state index in [-0.39, 0.29) is 6.10 Å². The van der Waals surface area contributed by atoms with Crippen molar-refractivity contribution in [3.05, 3.63) is 23.8 Å². The normalized spacial score (nSPS) is 15.6. The highest BCUT2D eigenvalue weighted by atomic mass is 16.7. The molecular formula is C11H14O3. The van der Waals surface area contributed by atoms with Crippen LogP contribution in [0.3, 0.4) is 0 Å². The van der Waals surface area contributed by atoms with Gasteiger partial charge in [-0.1, -0.05) is 6.07 Å². The number of hydrogen-bond donors (Lipinski definition) is 1. The molecule has 0 fully saturated rings. The van der Waals surface area contributed by atoms with Gasteiger partial charge >= 0.3 is 0 Å². The van der Waals surface area contributed by atoms with Gasteiger partial charge in [0.1, 0.15) is 0 Å². The molecule has 0 aromatic heterocycles. The van der Waals surface area contributed by atoms with E-state index in [1.54, 1.807) is 6.92 Å². The SMILES string of the molecule is CC(O)CCc1ccc2c(c1)OCO2. The molecule has 76 valence electrons. The van der Waals surface area contributed by atoms with Crippen molar-refractivity contribution in [1.82, 2.24) is 0 Å². The lowest BCUT2D eigenvalue weighted by Crippen LogP contribution is -2.01. The Bertz CT molecular complexity index is 320. The molecule has 0 saturated heterocycles. The van der Waals surface area contributed by atoms with Crippen molar-refractivity contribution in [1.29, 1.82) is 0 Å². The number of benzene rings is 1. The van der Waals surface area contributed by atoms with Crippen molar-refractivity contribution in [3.63, 3.8) is 0 Å². The van der Waals surface area contributed by atoms with Crippen molar-refractivity contribution >= 4 is 0 Å². The van der Waals surface area contributed by atoms with Crippen LogP contribution in [0.5, 0.6) is 11.5 Å². The van der Waals surface area contributed by atoms with Crippen molar-refractivity contribution in [3.8, 4) is 11.5 Å². The summed E-state index contributed by atoms with van der Waals surface area (Å²) in [6, 6.07) is 5.90. The van der Waals surface area contributed by atoms with Gasteiger partial charge in [-0.05, 0) is 37.5 Å². The third-order valence-corrected chi connectivity index (χ3v) is 2.29. The molecule has 1 atom stereocenters. The van der Waals surface area contributed by atoms with Crippen LogP contribution in [0.1, 0.15) is 18.9 Å². The summed E-state index contributed by atoms with van der Waals surface area (Å²) >= 11 is 0. The Morgan fingerprint density at radius 1 is 1.36 bits per heavy atom. The number of hydrogen-bond acceptors (Lipinski definition) is 3. The first-order valence-electron chi connectivity index (χ1n) is 4.82. The Morgan fingerprint density at radius 3 is 2.93 bits per heavy atom. The summed E-state index contributed by atoms with van der Waals surface area (Å²) in [5.41, 5.74) is 1.18. The van der Waals surface area contributed by atoms with Crippen LogP contribution < -0.4 is 9.47 Å². The van der Waals surface area contributed by atoms with Gasteiger partial charge in [-0.3, -0.25) is 0 Å². The van der Waals surface area contributed by atoms with E-state index < -0.39 is 0 Å².